The lowest BCUT2D eigenvalue weighted by Gasteiger charge is -2.06. The van der Waals surface area contributed by atoms with Gasteiger partial charge in [-0.2, -0.15) is 0 Å². The van der Waals surface area contributed by atoms with Crippen LogP contribution in [0.3, 0.4) is 0 Å². The number of fused-ring (bicyclic) bond motifs is 1. The Morgan fingerprint density at radius 2 is 1.97 bits per heavy atom. The van der Waals surface area contributed by atoms with Crippen LogP contribution < -0.4 is 16.6 Å². The summed E-state index contributed by atoms with van der Waals surface area (Å²) in [4.78, 5) is 45.5. The molecule has 0 radical (unpaired) electrons. The Morgan fingerprint density at radius 1 is 1.20 bits per heavy atom. The number of carbonyl (C=O) groups is 1. The van der Waals surface area contributed by atoms with Gasteiger partial charge in [0, 0.05) is 30.1 Å². The van der Waals surface area contributed by atoms with E-state index in [0.717, 1.165) is 4.57 Å². The summed E-state index contributed by atoms with van der Waals surface area (Å²) in [6.07, 6.45) is 1.35. The van der Waals surface area contributed by atoms with Crippen molar-refractivity contribution in [3.05, 3.63) is 60.8 Å². The molecule has 0 saturated heterocycles. The predicted molar refractivity (Wildman–Crippen MR) is 116 cm³/mol. The fraction of sp³-hybridized carbons (Fsp3) is 0.167. The van der Waals surface area contributed by atoms with Gasteiger partial charge in [-0.3, -0.25) is 18.7 Å². The minimum absolute atomic E-state index is 0.167. The zero-order valence-electron chi connectivity index (χ0n) is 15.7. The number of aromatic nitrogens is 5. The van der Waals surface area contributed by atoms with E-state index in [2.05, 4.69) is 15.3 Å². The van der Waals surface area contributed by atoms with Crippen molar-refractivity contribution in [3.8, 4) is 11.3 Å². The van der Waals surface area contributed by atoms with Crippen molar-refractivity contribution in [2.75, 3.05) is 5.32 Å². The van der Waals surface area contributed by atoms with Gasteiger partial charge in [0.1, 0.15) is 6.54 Å². The number of aryl methyl sites for hydroxylation is 1. The quantitative estimate of drug-likeness (QED) is 0.499. The maximum Gasteiger partial charge on any atom is 0.332 e. The highest BCUT2D eigenvalue weighted by Crippen LogP contribution is 2.32. The molecule has 9 nitrogen and oxygen atoms in total. The molecule has 1 N–H and O–H groups in total. The number of halogens is 2. The number of rotatable bonds is 4. The number of hydrogen-bond acceptors (Lipinski definition) is 6. The number of hydrogen-bond donors (Lipinski definition) is 1. The first-order valence-electron chi connectivity index (χ1n) is 8.58. The van der Waals surface area contributed by atoms with E-state index < -0.39 is 17.2 Å². The molecular formula is C18H14Cl2N6O3S. The second-order valence-corrected chi connectivity index (χ2v) is 8.16. The molecule has 0 bridgehead atoms. The number of nitrogens with zero attached hydrogens (tertiary/aromatic N) is 5. The van der Waals surface area contributed by atoms with Gasteiger partial charge in [-0.1, -0.05) is 23.2 Å². The van der Waals surface area contributed by atoms with Crippen LogP contribution in [0.4, 0.5) is 5.13 Å². The van der Waals surface area contributed by atoms with Gasteiger partial charge in [0.05, 0.1) is 17.0 Å². The van der Waals surface area contributed by atoms with E-state index in [9.17, 15) is 14.4 Å². The van der Waals surface area contributed by atoms with Gasteiger partial charge in [0.15, 0.2) is 16.3 Å². The van der Waals surface area contributed by atoms with Gasteiger partial charge in [0.2, 0.25) is 5.91 Å². The van der Waals surface area contributed by atoms with Crippen LogP contribution in [-0.2, 0) is 25.4 Å². The van der Waals surface area contributed by atoms with Crippen LogP contribution >= 0.6 is 34.5 Å². The summed E-state index contributed by atoms with van der Waals surface area (Å²) in [5.41, 5.74) is 0.608. The molecule has 4 rings (SSSR count). The van der Waals surface area contributed by atoms with E-state index in [-0.39, 0.29) is 17.7 Å². The van der Waals surface area contributed by atoms with Crippen molar-refractivity contribution in [2.24, 2.45) is 14.1 Å². The first-order valence-corrected chi connectivity index (χ1v) is 10.2. The van der Waals surface area contributed by atoms with Crippen LogP contribution in [-0.4, -0.2) is 29.6 Å². The smallest absolute Gasteiger partial charge is 0.315 e. The predicted octanol–water partition coefficient (Wildman–Crippen LogP) is 2.50. The molecule has 0 aliphatic rings. The minimum atomic E-state index is -0.523. The number of nitrogens with one attached hydrogen (secondary N) is 1. The standard InChI is InChI=1S/C18H14Cl2N6O3S/c1-24-15-14(16(28)25(2)18(24)29)26(8-21-15)6-13(27)23-17-22-12(7-30-17)10-5-9(19)3-4-11(10)20/h3-5,7-8H,6H2,1-2H3,(H,22,23,27). The van der Waals surface area contributed by atoms with Gasteiger partial charge >= 0.3 is 5.69 Å². The number of benzene rings is 1. The highest BCUT2D eigenvalue weighted by Gasteiger charge is 2.17. The zero-order valence-corrected chi connectivity index (χ0v) is 18.0. The van der Waals surface area contributed by atoms with E-state index in [1.807, 2.05) is 0 Å². The molecule has 1 aromatic carbocycles. The van der Waals surface area contributed by atoms with Crippen LogP contribution in [0.2, 0.25) is 10.0 Å². The topological polar surface area (TPSA) is 104 Å². The van der Waals surface area contributed by atoms with E-state index in [4.69, 9.17) is 23.2 Å². The fourth-order valence-electron chi connectivity index (χ4n) is 2.98. The number of imidazole rings is 1. The van der Waals surface area contributed by atoms with E-state index >= 15 is 0 Å². The third-order valence-electron chi connectivity index (χ3n) is 4.49. The van der Waals surface area contributed by atoms with Crippen molar-refractivity contribution < 1.29 is 4.79 Å². The monoisotopic (exact) mass is 464 g/mol. The average Bonchev–Trinajstić information content (AvgIpc) is 3.34. The summed E-state index contributed by atoms with van der Waals surface area (Å²) >= 11 is 13.5. The van der Waals surface area contributed by atoms with E-state index in [1.165, 1.54) is 40.9 Å². The normalized spacial score (nSPS) is 11.2. The molecule has 0 atom stereocenters. The van der Waals surface area contributed by atoms with Crippen molar-refractivity contribution in [1.82, 2.24) is 23.7 Å². The molecule has 0 unspecified atom stereocenters. The van der Waals surface area contributed by atoms with Gasteiger partial charge in [0.25, 0.3) is 5.56 Å². The third-order valence-corrected chi connectivity index (χ3v) is 5.81. The first kappa shape index (κ1) is 20.3. The Balaban J connectivity index is 1.58. The van der Waals surface area contributed by atoms with E-state index in [1.54, 1.807) is 23.6 Å². The zero-order chi connectivity index (χ0) is 21.6. The first-order chi connectivity index (χ1) is 14.3. The summed E-state index contributed by atoms with van der Waals surface area (Å²) in [6, 6.07) is 5.05. The number of thiazole rings is 1. The molecule has 4 aromatic rings. The highest BCUT2D eigenvalue weighted by molar-refractivity contribution is 7.14. The lowest BCUT2D eigenvalue weighted by Crippen LogP contribution is -2.37. The third kappa shape index (κ3) is 3.53. The molecule has 0 aliphatic carbocycles. The lowest BCUT2D eigenvalue weighted by molar-refractivity contribution is -0.116. The molecule has 154 valence electrons. The van der Waals surface area contributed by atoms with Gasteiger partial charge < -0.3 is 9.88 Å². The Morgan fingerprint density at radius 3 is 2.73 bits per heavy atom. The highest BCUT2D eigenvalue weighted by atomic mass is 35.5. The van der Waals surface area contributed by atoms with Crippen LogP contribution in [0.15, 0.2) is 39.5 Å². The van der Waals surface area contributed by atoms with Crippen LogP contribution in [0, 0.1) is 0 Å². The van der Waals surface area contributed by atoms with Gasteiger partial charge in [-0.15, -0.1) is 11.3 Å². The Bertz CT molecular complexity index is 1420. The molecule has 0 fully saturated rings. The second-order valence-electron chi connectivity index (χ2n) is 6.46. The lowest BCUT2D eigenvalue weighted by atomic mass is 10.2. The minimum Gasteiger partial charge on any atom is -0.315 e. The van der Waals surface area contributed by atoms with Crippen molar-refractivity contribution >= 4 is 56.7 Å². The maximum absolute atomic E-state index is 12.5. The van der Waals surface area contributed by atoms with Gasteiger partial charge in [-0.25, -0.2) is 14.8 Å². The SMILES string of the molecule is Cn1c(=O)c2c(ncn2CC(=O)Nc2nc(-c3cc(Cl)ccc3Cl)cs2)n(C)c1=O. The molecule has 0 saturated carbocycles. The Kier molecular flexibility index (Phi) is 5.22. The summed E-state index contributed by atoms with van der Waals surface area (Å²) in [5.74, 6) is -0.400. The Labute approximate surface area is 183 Å². The molecule has 3 aromatic heterocycles. The summed E-state index contributed by atoms with van der Waals surface area (Å²) in [7, 11) is 2.89. The molecule has 1 amide bonds. The summed E-state index contributed by atoms with van der Waals surface area (Å²) in [6.45, 7) is -0.170. The Hall–Kier alpha value is -2.95. The molecule has 0 spiro atoms. The van der Waals surface area contributed by atoms with Crippen molar-refractivity contribution in [3.63, 3.8) is 0 Å². The van der Waals surface area contributed by atoms with Crippen molar-refractivity contribution in [1.29, 1.82) is 0 Å². The average molecular weight is 465 g/mol. The maximum atomic E-state index is 12.5. The fourth-order valence-corrected chi connectivity index (χ4v) is 4.09. The summed E-state index contributed by atoms with van der Waals surface area (Å²) < 4.78 is 3.63. The number of anilines is 1. The number of carbonyl (C=O) groups excluding carboxylic acids is 1. The van der Waals surface area contributed by atoms with Crippen molar-refractivity contribution in [2.45, 2.75) is 6.54 Å². The van der Waals surface area contributed by atoms with E-state index in [0.29, 0.717) is 26.4 Å². The molecular weight excluding hydrogens is 451 g/mol. The summed E-state index contributed by atoms with van der Waals surface area (Å²) in [5, 5.41) is 5.84. The van der Waals surface area contributed by atoms with Crippen LogP contribution in [0.5, 0.6) is 0 Å². The van der Waals surface area contributed by atoms with Crippen LogP contribution in [0.25, 0.3) is 22.4 Å². The molecule has 12 heteroatoms. The number of amides is 1. The molecule has 30 heavy (non-hydrogen) atoms. The molecule has 0 aliphatic heterocycles. The van der Waals surface area contributed by atoms with Crippen LogP contribution in [0.1, 0.15) is 0 Å². The van der Waals surface area contributed by atoms with Gasteiger partial charge in [-0.05, 0) is 18.2 Å². The second kappa shape index (κ2) is 7.71. The molecule has 3 heterocycles. The largest absolute Gasteiger partial charge is 0.332 e.